The monoisotopic (exact) mass is 186 g/mol. The summed E-state index contributed by atoms with van der Waals surface area (Å²) in [6, 6.07) is 9.20. The lowest BCUT2D eigenvalue weighted by atomic mass is 10.2. The first-order valence-corrected chi connectivity index (χ1v) is 4.13. The molecule has 0 fully saturated rings. The number of nitrogens with zero attached hydrogens (tertiary/aromatic N) is 1. The van der Waals surface area contributed by atoms with Gasteiger partial charge in [0.05, 0.1) is 11.6 Å². The maximum absolute atomic E-state index is 8.69. The van der Waals surface area contributed by atoms with E-state index >= 15 is 0 Å². The van der Waals surface area contributed by atoms with Crippen LogP contribution < -0.4 is 0 Å². The van der Waals surface area contributed by atoms with Gasteiger partial charge in [-0.25, -0.2) is 0 Å². The summed E-state index contributed by atoms with van der Waals surface area (Å²) < 4.78 is 10.2. The van der Waals surface area contributed by atoms with Gasteiger partial charge in [0.15, 0.2) is 0 Å². The van der Waals surface area contributed by atoms with Crippen LogP contribution in [0.15, 0.2) is 28.7 Å². The molecule has 0 aliphatic rings. The lowest BCUT2D eigenvalue weighted by Crippen LogP contribution is -1.77. The summed E-state index contributed by atoms with van der Waals surface area (Å²) in [4.78, 5) is 0. The quantitative estimate of drug-likeness (QED) is 0.723. The first-order chi connectivity index (χ1) is 6.83. The van der Waals surface area contributed by atoms with Crippen LogP contribution in [0.5, 0.6) is 0 Å². The van der Waals surface area contributed by atoms with E-state index in [4.69, 9.17) is 14.4 Å². The third kappa shape index (κ3) is 1.48. The molecule has 1 aromatic heterocycles. The van der Waals surface area contributed by atoms with E-state index in [-0.39, 0.29) is 0 Å². The van der Waals surface area contributed by atoms with Crippen molar-refractivity contribution in [2.45, 2.75) is 0 Å². The van der Waals surface area contributed by atoms with Crippen molar-refractivity contribution >= 4 is 11.0 Å². The van der Waals surface area contributed by atoms with Gasteiger partial charge in [-0.3, -0.25) is 0 Å². The van der Waals surface area contributed by atoms with Crippen molar-refractivity contribution in [3.63, 3.8) is 0 Å². The van der Waals surface area contributed by atoms with Crippen LogP contribution >= 0.6 is 0 Å². The van der Waals surface area contributed by atoms with Crippen molar-refractivity contribution in [2.24, 2.45) is 0 Å². The fourth-order valence-electron chi connectivity index (χ4n) is 1.31. The van der Waals surface area contributed by atoms with E-state index in [0.29, 0.717) is 11.3 Å². The van der Waals surface area contributed by atoms with Gasteiger partial charge in [0.2, 0.25) is 0 Å². The molecule has 3 nitrogen and oxygen atoms in total. The fraction of sp³-hybridized carbons (Fsp3) is 0.0909. The number of furan rings is 1. The number of methoxy groups -OCH3 is 1. The Hall–Kier alpha value is -1.79. The molecule has 0 saturated carbocycles. The molecule has 3 heteroatoms. The molecule has 14 heavy (non-hydrogen) atoms. The highest BCUT2D eigenvalue weighted by Crippen LogP contribution is 2.21. The fourth-order valence-corrected chi connectivity index (χ4v) is 1.31. The Morgan fingerprint density at radius 2 is 2.29 bits per heavy atom. The minimum atomic E-state index is 0.627. The zero-order chi connectivity index (χ0) is 9.97. The largest absolute Gasteiger partial charge is 0.458 e. The minimum Gasteiger partial charge on any atom is -0.458 e. The standard InChI is InChI=1S/C11H8NO2/c1-13-7-10-5-9-4-8(6-12)2-3-11(9)14-10/h2-5,7H,1H3. The number of hydrogen-bond acceptors (Lipinski definition) is 3. The molecule has 2 aromatic rings. The van der Waals surface area contributed by atoms with Gasteiger partial charge in [-0.2, -0.15) is 5.26 Å². The van der Waals surface area contributed by atoms with Gasteiger partial charge in [0.25, 0.3) is 0 Å². The Morgan fingerprint density at radius 1 is 1.43 bits per heavy atom. The molecule has 0 aliphatic carbocycles. The normalized spacial score (nSPS) is 10.3. The molecule has 69 valence electrons. The van der Waals surface area contributed by atoms with Crippen molar-refractivity contribution in [3.8, 4) is 6.07 Å². The van der Waals surface area contributed by atoms with E-state index in [0.717, 1.165) is 11.0 Å². The molecule has 1 aromatic carbocycles. The van der Waals surface area contributed by atoms with Crippen molar-refractivity contribution < 1.29 is 9.15 Å². The van der Waals surface area contributed by atoms with E-state index in [1.54, 1.807) is 25.3 Å². The molecule has 0 atom stereocenters. The highest BCUT2D eigenvalue weighted by Gasteiger charge is 2.04. The maximum Gasteiger partial charge on any atom is 0.148 e. The van der Waals surface area contributed by atoms with E-state index < -0.39 is 0 Å². The Balaban J connectivity index is 2.50. The molecular formula is C11H8NO2. The van der Waals surface area contributed by atoms with Crippen LogP contribution in [0.4, 0.5) is 0 Å². The highest BCUT2D eigenvalue weighted by molar-refractivity contribution is 5.79. The van der Waals surface area contributed by atoms with E-state index in [1.807, 2.05) is 6.07 Å². The van der Waals surface area contributed by atoms with Crippen LogP contribution in [0.25, 0.3) is 11.0 Å². The predicted molar refractivity (Wildman–Crippen MR) is 51.3 cm³/mol. The van der Waals surface area contributed by atoms with E-state index in [1.165, 1.54) is 6.61 Å². The molecule has 0 spiro atoms. The Morgan fingerprint density at radius 3 is 3.00 bits per heavy atom. The van der Waals surface area contributed by atoms with Crippen LogP contribution in [-0.2, 0) is 4.74 Å². The van der Waals surface area contributed by atoms with Gasteiger partial charge in [0.1, 0.15) is 18.0 Å². The molecule has 0 unspecified atom stereocenters. The second-order valence-corrected chi connectivity index (χ2v) is 2.87. The molecule has 0 amide bonds. The third-order valence-corrected chi connectivity index (χ3v) is 1.90. The number of rotatable bonds is 2. The predicted octanol–water partition coefficient (Wildman–Crippen LogP) is 2.46. The molecule has 0 N–H and O–H groups in total. The van der Waals surface area contributed by atoms with Gasteiger partial charge in [-0.1, -0.05) is 0 Å². The number of hydrogen-bond donors (Lipinski definition) is 0. The summed E-state index contributed by atoms with van der Waals surface area (Å²) in [6.45, 7) is 1.52. The van der Waals surface area contributed by atoms with Crippen LogP contribution in [0.2, 0.25) is 0 Å². The summed E-state index contributed by atoms with van der Waals surface area (Å²) in [5.41, 5.74) is 1.38. The summed E-state index contributed by atoms with van der Waals surface area (Å²) >= 11 is 0. The minimum absolute atomic E-state index is 0.627. The van der Waals surface area contributed by atoms with Gasteiger partial charge in [-0.15, -0.1) is 0 Å². The van der Waals surface area contributed by atoms with Crippen molar-refractivity contribution in [2.75, 3.05) is 7.11 Å². The molecule has 2 rings (SSSR count). The first-order valence-electron chi connectivity index (χ1n) is 4.13. The Kier molecular flexibility index (Phi) is 2.21. The molecule has 1 radical (unpaired) electrons. The second kappa shape index (κ2) is 3.52. The molecule has 1 heterocycles. The molecule has 0 aliphatic heterocycles. The summed E-state index contributed by atoms with van der Waals surface area (Å²) in [6.07, 6.45) is 0. The van der Waals surface area contributed by atoms with Gasteiger partial charge in [0, 0.05) is 12.5 Å². The van der Waals surface area contributed by atoms with E-state index in [9.17, 15) is 0 Å². The van der Waals surface area contributed by atoms with Crippen LogP contribution in [-0.4, -0.2) is 7.11 Å². The SMILES string of the molecule is CO[CH]c1cc2cc(C#N)ccc2o1. The third-order valence-electron chi connectivity index (χ3n) is 1.90. The van der Waals surface area contributed by atoms with Crippen LogP contribution in [0.3, 0.4) is 0 Å². The van der Waals surface area contributed by atoms with Gasteiger partial charge >= 0.3 is 0 Å². The maximum atomic E-state index is 8.69. The molecular weight excluding hydrogens is 178 g/mol. The zero-order valence-electron chi connectivity index (χ0n) is 7.65. The lowest BCUT2D eigenvalue weighted by Gasteiger charge is -1.89. The average Bonchev–Trinajstić information content (AvgIpc) is 2.59. The number of ether oxygens (including phenoxy) is 1. The number of benzene rings is 1. The van der Waals surface area contributed by atoms with Crippen LogP contribution in [0.1, 0.15) is 11.3 Å². The Bertz CT molecular complexity index is 493. The number of fused-ring (bicyclic) bond motifs is 1. The van der Waals surface area contributed by atoms with Crippen molar-refractivity contribution in [1.29, 1.82) is 5.26 Å². The zero-order valence-corrected chi connectivity index (χ0v) is 7.65. The Labute approximate surface area is 81.5 Å². The van der Waals surface area contributed by atoms with E-state index in [2.05, 4.69) is 6.07 Å². The highest BCUT2D eigenvalue weighted by atomic mass is 16.5. The summed E-state index contributed by atoms with van der Waals surface area (Å²) in [7, 11) is 1.56. The molecule has 0 bridgehead atoms. The van der Waals surface area contributed by atoms with Crippen LogP contribution in [0, 0.1) is 17.9 Å². The average molecular weight is 186 g/mol. The topological polar surface area (TPSA) is 46.2 Å². The second-order valence-electron chi connectivity index (χ2n) is 2.87. The molecule has 0 saturated heterocycles. The summed E-state index contributed by atoms with van der Waals surface area (Å²) in [5.74, 6) is 0.651. The van der Waals surface area contributed by atoms with Gasteiger partial charge in [-0.05, 0) is 24.3 Å². The summed E-state index contributed by atoms with van der Waals surface area (Å²) in [5, 5.41) is 9.60. The van der Waals surface area contributed by atoms with Crippen molar-refractivity contribution in [1.82, 2.24) is 0 Å². The first kappa shape index (κ1) is 8.79. The number of nitriles is 1. The lowest BCUT2D eigenvalue weighted by molar-refractivity contribution is 0.275. The smallest absolute Gasteiger partial charge is 0.148 e. The van der Waals surface area contributed by atoms with Gasteiger partial charge < -0.3 is 9.15 Å². The van der Waals surface area contributed by atoms with Crippen molar-refractivity contribution in [3.05, 3.63) is 42.2 Å².